The first-order chi connectivity index (χ1) is 32.7. The summed E-state index contributed by atoms with van der Waals surface area (Å²) in [5.74, 6) is 0.683. The van der Waals surface area contributed by atoms with Gasteiger partial charge in [0.1, 0.15) is 0 Å². The molecule has 0 atom stereocenters. The molecule has 3 heterocycles. The van der Waals surface area contributed by atoms with Crippen LogP contribution in [-0.2, 0) is 0 Å². The molecule has 306 valence electrons. The number of aromatic nitrogens is 4. The van der Waals surface area contributed by atoms with Crippen LogP contribution in [0.2, 0.25) is 0 Å². The minimum atomic E-state index is 0.683. The van der Waals surface area contributed by atoms with Gasteiger partial charge < -0.3 is 0 Å². The lowest BCUT2D eigenvalue weighted by Gasteiger charge is -2.17. The lowest BCUT2D eigenvalue weighted by atomic mass is 9.88. The topological polar surface area (TPSA) is 51.6 Å². The summed E-state index contributed by atoms with van der Waals surface area (Å²) in [6.07, 6.45) is 0. The van der Waals surface area contributed by atoms with Crippen molar-refractivity contribution in [2.75, 3.05) is 0 Å². The van der Waals surface area contributed by atoms with Crippen molar-refractivity contribution < 1.29 is 0 Å². The van der Waals surface area contributed by atoms with Gasteiger partial charge in [0.05, 0.1) is 33.8 Å². The first-order valence-corrected chi connectivity index (χ1v) is 22.4. The highest BCUT2D eigenvalue weighted by Crippen LogP contribution is 2.43. The van der Waals surface area contributed by atoms with E-state index in [1.165, 1.54) is 32.7 Å². The quantitative estimate of drug-likeness (QED) is 0.150. The Morgan fingerprint density at radius 2 is 0.606 bits per heavy atom. The molecular weight excluding hydrogens is 801 g/mol. The fraction of sp³-hybridized carbons (Fsp3) is 0. The fourth-order valence-electron chi connectivity index (χ4n) is 9.70. The van der Waals surface area contributed by atoms with Crippen molar-refractivity contribution in [2.45, 2.75) is 0 Å². The van der Waals surface area contributed by atoms with Gasteiger partial charge >= 0.3 is 0 Å². The van der Waals surface area contributed by atoms with E-state index >= 15 is 0 Å². The van der Waals surface area contributed by atoms with Gasteiger partial charge in [0.25, 0.3) is 0 Å². The van der Waals surface area contributed by atoms with Crippen LogP contribution in [0, 0.1) is 0 Å². The molecule has 4 nitrogen and oxygen atoms in total. The number of benzene rings is 10. The van der Waals surface area contributed by atoms with Gasteiger partial charge in [-0.1, -0.05) is 212 Å². The molecule has 13 rings (SSSR count). The van der Waals surface area contributed by atoms with E-state index in [1.54, 1.807) is 0 Å². The number of hydrogen-bond acceptors (Lipinski definition) is 4. The largest absolute Gasteiger partial charge is 0.245 e. The molecule has 0 N–H and O–H groups in total. The Balaban J connectivity index is 0.964. The van der Waals surface area contributed by atoms with Crippen LogP contribution in [0.5, 0.6) is 0 Å². The first-order valence-electron chi connectivity index (χ1n) is 22.4. The van der Waals surface area contributed by atoms with Crippen LogP contribution in [0.1, 0.15) is 0 Å². The summed E-state index contributed by atoms with van der Waals surface area (Å²) in [6, 6.07) is 81.6. The highest BCUT2D eigenvalue weighted by atomic mass is 14.9. The third-order valence-corrected chi connectivity index (χ3v) is 13.1. The molecule has 0 amide bonds. The predicted molar refractivity (Wildman–Crippen MR) is 274 cm³/mol. The van der Waals surface area contributed by atoms with E-state index in [2.05, 4.69) is 218 Å². The van der Waals surface area contributed by atoms with E-state index in [0.717, 1.165) is 94.3 Å². The van der Waals surface area contributed by atoms with Gasteiger partial charge in [-0.25, -0.2) is 19.9 Å². The van der Waals surface area contributed by atoms with Gasteiger partial charge in [-0.15, -0.1) is 0 Å². The SMILES string of the molecule is c1ccc(-c2ccc(-c3cc(-c4ccc5ccc6c(-c7ccc8ccc9ccc(-c%10ccccc%10)nc9c8n7)ccc7ccc4c5c76)nc(-c4ccc(-c5ccccc5)cc4)n3)cc2)cc1. The zero-order chi connectivity index (χ0) is 43.6. The fourth-order valence-corrected chi connectivity index (χ4v) is 9.70. The maximum absolute atomic E-state index is 5.40. The number of hydrogen-bond donors (Lipinski definition) is 0. The monoisotopic (exact) mass is 838 g/mol. The Bertz CT molecular complexity index is 3840. The molecule has 0 saturated heterocycles. The molecule has 0 saturated carbocycles. The van der Waals surface area contributed by atoms with Gasteiger partial charge in [-0.2, -0.15) is 0 Å². The molecule has 4 heteroatoms. The molecule has 66 heavy (non-hydrogen) atoms. The van der Waals surface area contributed by atoms with E-state index in [4.69, 9.17) is 19.9 Å². The minimum Gasteiger partial charge on any atom is -0.245 e. The average molecular weight is 839 g/mol. The predicted octanol–water partition coefficient (Wildman–Crippen LogP) is 16.1. The van der Waals surface area contributed by atoms with Gasteiger partial charge in [0.2, 0.25) is 0 Å². The zero-order valence-corrected chi connectivity index (χ0v) is 35.7. The van der Waals surface area contributed by atoms with Crippen LogP contribution in [0.4, 0.5) is 0 Å². The summed E-state index contributed by atoms with van der Waals surface area (Å²) >= 11 is 0. The second-order valence-corrected chi connectivity index (χ2v) is 17.0. The van der Waals surface area contributed by atoms with Crippen molar-refractivity contribution in [3.8, 4) is 78.7 Å². The molecule has 0 fully saturated rings. The molecule has 0 spiro atoms. The van der Waals surface area contributed by atoms with Crippen LogP contribution in [0.25, 0.3) is 133 Å². The summed E-state index contributed by atoms with van der Waals surface area (Å²) in [7, 11) is 0. The summed E-state index contributed by atoms with van der Waals surface area (Å²) in [5.41, 5.74) is 15.3. The smallest absolute Gasteiger partial charge is 0.160 e. The van der Waals surface area contributed by atoms with E-state index < -0.39 is 0 Å². The van der Waals surface area contributed by atoms with Gasteiger partial charge in [-0.05, 0) is 72.8 Å². The van der Waals surface area contributed by atoms with E-state index in [-0.39, 0.29) is 0 Å². The van der Waals surface area contributed by atoms with Crippen molar-refractivity contribution in [3.63, 3.8) is 0 Å². The number of nitrogens with zero attached hydrogens (tertiary/aromatic N) is 4. The second-order valence-electron chi connectivity index (χ2n) is 17.0. The summed E-state index contributed by atoms with van der Waals surface area (Å²) in [6.45, 7) is 0. The first kappa shape index (κ1) is 37.7. The summed E-state index contributed by atoms with van der Waals surface area (Å²) < 4.78 is 0. The standard InChI is InChI=1S/C62H38N4/c1-4-10-39(11-5-1)41-16-20-44(21-17-41)56-38-57(66-62(65-56)49-24-18-42(19-25-49)40-12-6-2-7-13-40)51-33-27-46-28-34-52-50(32-26-45-29-35-53(51)59(46)58(45)52)55-37-31-48-23-22-47-30-36-54(43-14-8-3-9-15-43)63-60(47)61(48)64-55/h1-38H. The summed E-state index contributed by atoms with van der Waals surface area (Å²) in [5, 5.41) is 9.24. The Labute approximate surface area is 381 Å². The third-order valence-electron chi connectivity index (χ3n) is 13.1. The van der Waals surface area contributed by atoms with Gasteiger partial charge in [0.15, 0.2) is 5.82 Å². The highest BCUT2D eigenvalue weighted by Gasteiger charge is 2.19. The Kier molecular flexibility index (Phi) is 8.81. The van der Waals surface area contributed by atoms with Crippen LogP contribution in [0.15, 0.2) is 231 Å². The molecule has 0 bridgehead atoms. The third kappa shape index (κ3) is 6.46. The zero-order valence-electron chi connectivity index (χ0n) is 35.7. The average Bonchev–Trinajstić information content (AvgIpc) is 3.40. The molecule has 0 unspecified atom stereocenters. The lowest BCUT2D eigenvalue weighted by molar-refractivity contribution is 1.19. The number of fused-ring (bicyclic) bond motifs is 3. The number of rotatable bonds is 7. The normalized spacial score (nSPS) is 11.6. The van der Waals surface area contributed by atoms with Crippen LogP contribution < -0.4 is 0 Å². The molecule has 0 aliphatic heterocycles. The molecule has 0 aliphatic rings. The van der Waals surface area contributed by atoms with Crippen molar-refractivity contribution in [1.29, 1.82) is 0 Å². The van der Waals surface area contributed by atoms with Crippen molar-refractivity contribution >= 4 is 54.1 Å². The van der Waals surface area contributed by atoms with Gasteiger partial charge in [0, 0.05) is 38.6 Å². The molecule has 0 radical (unpaired) electrons. The Hall–Kier alpha value is -8.86. The van der Waals surface area contributed by atoms with Crippen LogP contribution in [0.3, 0.4) is 0 Å². The van der Waals surface area contributed by atoms with Gasteiger partial charge in [-0.3, -0.25) is 0 Å². The molecule has 13 aromatic rings. The maximum Gasteiger partial charge on any atom is 0.160 e. The minimum absolute atomic E-state index is 0.683. The van der Waals surface area contributed by atoms with E-state index in [0.29, 0.717) is 5.82 Å². The van der Waals surface area contributed by atoms with Crippen molar-refractivity contribution in [1.82, 2.24) is 19.9 Å². The number of pyridine rings is 2. The van der Waals surface area contributed by atoms with E-state index in [9.17, 15) is 0 Å². The van der Waals surface area contributed by atoms with Crippen LogP contribution >= 0.6 is 0 Å². The lowest BCUT2D eigenvalue weighted by Crippen LogP contribution is -1.97. The molecule has 10 aromatic carbocycles. The van der Waals surface area contributed by atoms with Crippen molar-refractivity contribution in [3.05, 3.63) is 231 Å². The Morgan fingerprint density at radius 1 is 0.227 bits per heavy atom. The highest BCUT2D eigenvalue weighted by molar-refractivity contribution is 6.27. The molecule has 3 aromatic heterocycles. The maximum atomic E-state index is 5.40. The van der Waals surface area contributed by atoms with Crippen molar-refractivity contribution in [2.24, 2.45) is 0 Å². The second kappa shape index (κ2) is 15.4. The summed E-state index contributed by atoms with van der Waals surface area (Å²) in [4.78, 5) is 21.2. The molecule has 0 aliphatic carbocycles. The van der Waals surface area contributed by atoms with E-state index in [1.807, 2.05) is 12.1 Å². The Morgan fingerprint density at radius 3 is 1.17 bits per heavy atom. The van der Waals surface area contributed by atoms with Crippen LogP contribution in [-0.4, -0.2) is 19.9 Å². The molecular formula is C62H38N4.